The predicted octanol–water partition coefficient (Wildman–Crippen LogP) is 5.97. The first-order valence-corrected chi connectivity index (χ1v) is 10.2. The number of benzene rings is 1. The molecule has 172 valence electrons. The van der Waals surface area contributed by atoms with E-state index in [4.69, 9.17) is 14.1 Å². The first kappa shape index (κ1) is 22.5. The number of alkyl halides is 3. The van der Waals surface area contributed by atoms with Crippen molar-refractivity contribution in [3.8, 4) is 17.3 Å². The number of aromatic nitrogens is 4. The Bertz CT molecular complexity index is 1280. The zero-order valence-corrected chi connectivity index (χ0v) is 18.5. The van der Waals surface area contributed by atoms with E-state index >= 15 is 0 Å². The van der Waals surface area contributed by atoms with Crippen molar-refractivity contribution in [2.45, 2.75) is 39.3 Å². The van der Waals surface area contributed by atoms with Gasteiger partial charge in [0.2, 0.25) is 0 Å². The molecule has 0 bridgehead atoms. The van der Waals surface area contributed by atoms with Crippen molar-refractivity contribution >= 4 is 22.7 Å². The van der Waals surface area contributed by atoms with Gasteiger partial charge in [0.15, 0.2) is 6.61 Å². The van der Waals surface area contributed by atoms with Gasteiger partial charge < -0.3 is 9.15 Å². The summed E-state index contributed by atoms with van der Waals surface area (Å²) in [5, 5.41) is 11.7. The van der Waals surface area contributed by atoms with Gasteiger partial charge in [0.1, 0.15) is 17.3 Å². The minimum absolute atomic E-state index is 0.141. The molecule has 3 heterocycles. The van der Waals surface area contributed by atoms with Gasteiger partial charge in [-0.15, -0.1) is 5.10 Å². The third-order valence-corrected chi connectivity index (χ3v) is 4.85. The standard InChI is InChI=1S/C23H22F3N5O2/c1-13-9-17(20-30-31-21(33-20)29-18-7-5-6-8-27-18)28-19-15(13)10-14(32-12-23(24,25)26)11-16(19)22(2,3)4/h5-11H,12H2,1-4H3,(H,27,29,31). The lowest BCUT2D eigenvalue weighted by Gasteiger charge is -2.23. The zero-order valence-electron chi connectivity index (χ0n) is 18.5. The van der Waals surface area contributed by atoms with Gasteiger partial charge in [-0.3, -0.25) is 5.32 Å². The zero-order chi connectivity index (χ0) is 23.8. The number of pyridine rings is 2. The van der Waals surface area contributed by atoms with Crippen LogP contribution in [0, 0.1) is 6.92 Å². The molecule has 4 aromatic rings. The van der Waals surface area contributed by atoms with Crippen LogP contribution in [0.4, 0.5) is 25.0 Å². The molecule has 0 aliphatic heterocycles. The molecule has 4 rings (SSSR count). The molecule has 0 unspecified atom stereocenters. The van der Waals surface area contributed by atoms with Crippen molar-refractivity contribution in [2.75, 3.05) is 11.9 Å². The molecule has 3 aromatic heterocycles. The molecule has 0 aliphatic carbocycles. The quantitative estimate of drug-likeness (QED) is 0.395. The fraction of sp³-hybridized carbons (Fsp3) is 0.304. The highest BCUT2D eigenvalue weighted by atomic mass is 19.4. The highest BCUT2D eigenvalue weighted by Gasteiger charge is 2.29. The maximum absolute atomic E-state index is 12.7. The van der Waals surface area contributed by atoms with Gasteiger partial charge in [0.05, 0.1) is 5.52 Å². The number of hydrogen-bond acceptors (Lipinski definition) is 7. The minimum Gasteiger partial charge on any atom is -0.484 e. The Hall–Kier alpha value is -3.69. The van der Waals surface area contributed by atoms with Crippen LogP contribution in [0.3, 0.4) is 0 Å². The lowest BCUT2D eigenvalue weighted by Crippen LogP contribution is -2.20. The first-order valence-electron chi connectivity index (χ1n) is 10.2. The van der Waals surface area contributed by atoms with Gasteiger partial charge >= 0.3 is 12.2 Å². The van der Waals surface area contributed by atoms with E-state index < -0.39 is 18.2 Å². The van der Waals surface area contributed by atoms with Crippen molar-refractivity contribution < 1.29 is 22.3 Å². The predicted molar refractivity (Wildman–Crippen MR) is 118 cm³/mol. The van der Waals surface area contributed by atoms with E-state index in [0.29, 0.717) is 22.4 Å². The SMILES string of the molecule is Cc1cc(-c2nnc(Nc3ccccn3)o2)nc2c(C(C)(C)C)cc(OCC(F)(F)F)cc12. The third-order valence-electron chi connectivity index (χ3n) is 4.85. The van der Waals surface area contributed by atoms with Crippen LogP contribution in [-0.4, -0.2) is 32.9 Å². The topological polar surface area (TPSA) is 86.0 Å². The maximum Gasteiger partial charge on any atom is 0.422 e. The lowest BCUT2D eigenvalue weighted by atomic mass is 9.84. The second-order valence-corrected chi connectivity index (χ2v) is 8.60. The Labute approximate surface area is 188 Å². The van der Waals surface area contributed by atoms with Crippen LogP contribution in [0.1, 0.15) is 31.9 Å². The summed E-state index contributed by atoms with van der Waals surface area (Å²) in [5.41, 5.74) is 2.21. The summed E-state index contributed by atoms with van der Waals surface area (Å²) in [7, 11) is 0. The van der Waals surface area contributed by atoms with Crippen molar-refractivity contribution in [3.63, 3.8) is 0 Å². The molecular weight excluding hydrogens is 435 g/mol. The molecule has 33 heavy (non-hydrogen) atoms. The number of nitrogens with zero attached hydrogens (tertiary/aromatic N) is 4. The fourth-order valence-corrected chi connectivity index (χ4v) is 3.32. The molecule has 0 amide bonds. The van der Waals surface area contributed by atoms with Crippen molar-refractivity contribution in [2.24, 2.45) is 0 Å². The molecule has 0 aliphatic rings. The van der Waals surface area contributed by atoms with E-state index in [2.05, 4.69) is 20.5 Å². The van der Waals surface area contributed by atoms with Gasteiger partial charge in [-0.25, -0.2) is 9.97 Å². The molecule has 0 spiro atoms. The Morgan fingerprint density at radius 2 is 1.85 bits per heavy atom. The fourth-order valence-electron chi connectivity index (χ4n) is 3.32. The minimum atomic E-state index is -4.42. The van der Waals surface area contributed by atoms with Gasteiger partial charge in [-0.05, 0) is 53.8 Å². The summed E-state index contributed by atoms with van der Waals surface area (Å²) in [6.45, 7) is 6.36. The monoisotopic (exact) mass is 457 g/mol. The van der Waals surface area contributed by atoms with Gasteiger partial charge in [-0.1, -0.05) is 31.9 Å². The van der Waals surface area contributed by atoms with Gasteiger partial charge in [0, 0.05) is 11.6 Å². The number of anilines is 2. The Morgan fingerprint density at radius 3 is 2.52 bits per heavy atom. The third kappa shape index (κ3) is 5.21. The van der Waals surface area contributed by atoms with Crippen LogP contribution in [0.25, 0.3) is 22.5 Å². The maximum atomic E-state index is 12.7. The number of ether oxygens (including phenoxy) is 1. The van der Waals surface area contributed by atoms with E-state index in [1.807, 2.05) is 33.8 Å². The van der Waals surface area contributed by atoms with Crippen LogP contribution < -0.4 is 10.1 Å². The summed E-state index contributed by atoms with van der Waals surface area (Å²) in [4.78, 5) is 8.88. The Morgan fingerprint density at radius 1 is 1.06 bits per heavy atom. The van der Waals surface area contributed by atoms with E-state index in [-0.39, 0.29) is 17.7 Å². The molecule has 1 aromatic carbocycles. The van der Waals surface area contributed by atoms with Crippen LogP contribution in [0.15, 0.2) is 47.0 Å². The number of hydrogen-bond donors (Lipinski definition) is 1. The number of rotatable bonds is 5. The van der Waals surface area contributed by atoms with Crippen molar-refractivity contribution in [1.82, 2.24) is 20.2 Å². The highest BCUT2D eigenvalue weighted by Crippen LogP contribution is 2.36. The Balaban J connectivity index is 1.74. The van der Waals surface area contributed by atoms with E-state index in [1.54, 1.807) is 36.5 Å². The molecule has 10 heteroatoms. The van der Waals surface area contributed by atoms with Gasteiger partial charge in [0.25, 0.3) is 5.89 Å². The normalized spacial score (nSPS) is 12.2. The summed E-state index contributed by atoms with van der Waals surface area (Å²) in [5.74, 6) is 0.898. The van der Waals surface area contributed by atoms with Crippen LogP contribution in [-0.2, 0) is 5.41 Å². The van der Waals surface area contributed by atoms with E-state index in [1.165, 1.54) is 0 Å². The summed E-state index contributed by atoms with van der Waals surface area (Å²) in [6.07, 6.45) is -2.79. The van der Waals surface area contributed by atoms with Crippen molar-refractivity contribution in [3.05, 3.63) is 53.7 Å². The second-order valence-electron chi connectivity index (χ2n) is 8.60. The molecule has 0 atom stereocenters. The molecule has 1 N–H and O–H groups in total. The summed E-state index contributed by atoms with van der Waals surface area (Å²) < 4.78 is 48.8. The number of fused-ring (bicyclic) bond motifs is 1. The van der Waals surface area contributed by atoms with Crippen molar-refractivity contribution in [1.29, 1.82) is 0 Å². The average molecular weight is 457 g/mol. The largest absolute Gasteiger partial charge is 0.484 e. The van der Waals surface area contributed by atoms with E-state index in [9.17, 15) is 13.2 Å². The number of nitrogens with one attached hydrogen (secondary N) is 1. The molecular formula is C23H22F3N5O2. The molecule has 0 saturated carbocycles. The summed E-state index contributed by atoms with van der Waals surface area (Å²) in [6, 6.07) is 10.5. The average Bonchev–Trinajstić information content (AvgIpc) is 3.20. The smallest absolute Gasteiger partial charge is 0.422 e. The summed E-state index contributed by atoms with van der Waals surface area (Å²) >= 11 is 0. The second kappa shape index (κ2) is 8.34. The molecule has 0 radical (unpaired) electrons. The van der Waals surface area contributed by atoms with Crippen LogP contribution >= 0.6 is 0 Å². The number of halogens is 3. The van der Waals surface area contributed by atoms with Crippen LogP contribution in [0.2, 0.25) is 0 Å². The highest BCUT2D eigenvalue weighted by molar-refractivity contribution is 5.89. The molecule has 0 saturated heterocycles. The Kier molecular flexibility index (Phi) is 5.69. The molecule has 0 fully saturated rings. The number of aryl methyl sites for hydroxylation is 1. The molecule has 7 nitrogen and oxygen atoms in total. The lowest BCUT2D eigenvalue weighted by molar-refractivity contribution is -0.153. The van der Waals surface area contributed by atoms with Gasteiger partial charge in [-0.2, -0.15) is 13.2 Å². The van der Waals surface area contributed by atoms with E-state index in [0.717, 1.165) is 11.1 Å². The first-order chi connectivity index (χ1) is 15.5. The van der Waals surface area contributed by atoms with Crippen LogP contribution in [0.5, 0.6) is 5.75 Å².